The molecule has 2 aliphatic rings. The third-order valence-corrected chi connectivity index (χ3v) is 4.58. The number of amides is 3. The fourth-order valence-corrected chi connectivity index (χ4v) is 3.49. The molecule has 3 heterocycles. The molecule has 10 nitrogen and oxygen atoms in total. The van der Waals surface area contributed by atoms with Gasteiger partial charge >= 0.3 is 16.4 Å². The summed E-state index contributed by atoms with van der Waals surface area (Å²) in [4.78, 5) is 29.9. The molecule has 2 saturated heterocycles. The minimum Gasteiger partial charge on any atom is -0.354 e. The summed E-state index contributed by atoms with van der Waals surface area (Å²) in [6.45, 7) is 0.576. The summed E-state index contributed by atoms with van der Waals surface area (Å²) in [5.41, 5.74) is 0.983. The standard InChI is InChI=1S/C14H18N4O6S/c19-13(16-7-5-10-2-1-6-15-8-10)12-4-3-11-9-17(12)14(20)18(11)24-25(21,22)23/h1-2,6,8,11-12H,3-5,7,9H2,(H,16,19)(H,21,22,23)/t11-,12?/m1/s1. The number of rotatable bonds is 6. The van der Waals surface area contributed by atoms with Crippen LogP contribution in [-0.4, -0.2) is 65.0 Å². The maximum Gasteiger partial charge on any atom is 0.418 e. The van der Waals surface area contributed by atoms with Crippen LogP contribution in [0.1, 0.15) is 18.4 Å². The van der Waals surface area contributed by atoms with Crippen molar-refractivity contribution in [3.8, 4) is 0 Å². The SMILES string of the molecule is O=C(NCCc1cccnc1)C1CC[C@@H]2CN1C(=O)N2OS(=O)(=O)O. The molecule has 11 heteroatoms. The minimum absolute atomic E-state index is 0.176. The molecule has 0 aromatic carbocycles. The third kappa shape index (κ3) is 4.06. The lowest BCUT2D eigenvalue weighted by atomic mass is 10.0. The number of carbonyl (C=O) groups is 2. The van der Waals surface area contributed by atoms with Crippen LogP contribution in [0.25, 0.3) is 0 Å². The van der Waals surface area contributed by atoms with E-state index in [4.69, 9.17) is 4.55 Å². The van der Waals surface area contributed by atoms with Crippen LogP contribution in [-0.2, 0) is 25.9 Å². The van der Waals surface area contributed by atoms with Gasteiger partial charge in [-0.1, -0.05) is 6.07 Å². The Balaban J connectivity index is 1.57. The lowest BCUT2D eigenvalue weighted by Crippen LogP contribution is -2.50. The summed E-state index contributed by atoms with van der Waals surface area (Å²) < 4.78 is 34.8. The molecule has 0 saturated carbocycles. The highest BCUT2D eigenvalue weighted by molar-refractivity contribution is 7.80. The molecule has 2 bridgehead atoms. The Morgan fingerprint density at radius 3 is 2.92 bits per heavy atom. The van der Waals surface area contributed by atoms with Crippen molar-refractivity contribution < 1.29 is 26.8 Å². The van der Waals surface area contributed by atoms with E-state index in [1.807, 2.05) is 12.1 Å². The van der Waals surface area contributed by atoms with Gasteiger partial charge in [0.25, 0.3) is 0 Å². The van der Waals surface area contributed by atoms with Crippen LogP contribution in [0.3, 0.4) is 0 Å². The number of fused-ring (bicyclic) bond motifs is 2. The Morgan fingerprint density at radius 2 is 2.24 bits per heavy atom. The van der Waals surface area contributed by atoms with Gasteiger partial charge in [0.15, 0.2) is 0 Å². The Labute approximate surface area is 144 Å². The average Bonchev–Trinajstić information content (AvgIpc) is 2.79. The number of urea groups is 1. The van der Waals surface area contributed by atoms with Crippen molar-refractivity contribution in [2.24, 2.45) is 0 Å². The average molecular weight is 370 g/mol. The number of aromatic nitrogens is 1. The van der Waals surface area contributed by atoms with E-state index in [2.05, 4.69) is 14.6 Å². The maximum atomic E-state index is 12.4. The Hall–Kier alpha value is -2.24. The summed E-state index contributed by atoms with van der Waals surface area (Å²) in [5.74, 6) is -0.301. The van der Waals surface area contributed by atoms with Crippen LogP contribution in [0.5, 0.6) is 0 Å². The van der Waals surface area contributed by atoms with Gasteiger partial charge in [0.1, 0.15) is 6.04 Å². The molecule has 2 aliphatic heterocycles. The van der Waals surface area contributed by atoms with Crippen molar-refractivity contribution in [2.75, 3.05) is 13.1 Å². The van der Waals surface area contributed by atoms with Crippen molar-refractivity contribution in [2.45, 2.75) is 31.3 Å². The molecule has 136 valence electrons. The molecule has 25 heavy (non-hydrogen) atoms. The first kappa shape index (κ1) is 17.6. The van der Waals surface area contributed by atoms with Gasteiger partial charge in [0, 0.05) is 25.5 Å². The molecule has 3 rings (SSSR count). The molecule has 1 aromatic rings. The van der Waals surface area contributed by atoms with Gasteiger partial charge in [0.2, 0.25) is 5.91 Å². The summed E-state index contributed by atoms with van der Waals surface area (Å²) in [7, 11) is -4.79. The van der Waals surface area contributed by atoms with Gasteiger partial charge in [-0.15, -0.1) is 4.28 Å². The van der Waals surface area contributed by atoms with Crippen molar-refractivity contribution in [3.63, 3.8) is 0 Å². The topological polar surface area (TPSA) is 129 Å². The van der Waals surface area contributed by atoms with E-state index in [1.54, 1.807) is 12.4 Å². The lowest BCUT2D eigenvalue weighted by Gasteiger charge is -2.29. The highest BCUT2D eigenvalue weighted by Gasteiger charge is 2.49. The second kappa shape index (κ2) is 6.94. The summed E-state index contributed by atoms with van der Waals surface area (Å²) in [5, 5.41) is 3.40. The second-order valence-corrected chi connectivity index (χ2v) is 6.92. The number of pyridine rings is 1. The predicted octanol–water partition coefficient (Wildman–Crippen LogP) is -0.257. The summed E-state index contributed by atoms with van der Waals surface area (Å²) >= 11 is 0. The van der Waals surface area contributed by atoms with Gasteiger partial charge in [-0.05, 0) is 30.9 Å². The monoisotopic (exact) mass is 370 g/mol. The highest BCUT2D eigenvalue weighted by Crippen LogP contribution is 2.30. The van der Waals surface area contributed by atoms with Crippen LogP contribution >= 0.6 is 0 Å². The van der Waals surface area contributed by atoms with Crippen LogP contribution < -0.4 is 5.32 Å². The number of hydrogen-bond acceptors (Lipinski definition) is 6. The van der Waals surface area contributed by atoms with Crippen molar-refractivity contribution in [1.29, 1.82) is 0 Å². The number of nitrogens with zero attached hydrogens (tertiary/aromatic N) is 3. The number of piperidine rings is 1. The Morgan fingerprint density at radius 1 is 1.44 bits per heavy atom. The highest BCUT2D eigenvalue weighted by atomic mass is 32.3. The van der Waals surface area contributed by atoms with Crippen LogP contribution in [0.2, 0.25) is 0 Å². The quantitative estimate of drug-likeness (QED) is 0.660. The van der Waals surface area contributed by atoms with Crippen LogP contribution in [0.4, 0.5) is 4.79 Å². The fourth-order valence-electron chi connectivity index (χ4n) is 3.10. The smallest absolute Gasteiger partial charge is 0.354 e. The van der Waals surface area contributed by atoms with Gasteiger partial charge in [0.05, 0.1) is 6.04 Å². The number of hydroxylamine groups is 2. The van der Waals surface area contributed by atoms with Crippen molar-refractivity contribution >= 4 is 22.3 Å². The minimum atomic E-state index is -4.79. The molecule has 0 aliphatic carbocycles. The first-order chi connectivity index (χ1) is 11.8. The normalized spacial score (nSPS) is 23.0. The fraction of sp³-hybridized carbons (Fsp3) is 0.500. The Kier molecular flexibility index (Phi) is 4.88. The molecule has 1 unspecified atom stereocenters. The van der Waals surface area contributed by atoms with E-state index >= 15 is 0 Å². The van der Waals surface area contributed by atoms with Crippen molar-refractivity contribution in [3.05, 3.63) is 30.1 Å². The van der Waals surface area contributed by atoms with Crippen molar-refractivity contribution in [1.82, 2.24) is 20.3 Å². The number of hydrogen-bond donors (Lipinski definition) is 2. The predicted molar refractivity (Wildman–Crippen MR) is 84.3 cm³/mol. The molecule has 2 fully saturated rings. The van der Waals surface area contributed by atoms with E-state index < -0.39 is 28.5 Å². The zero-order valence-electron chi connectivity index (χ0n) is 13.2. The van der Waals surface area contributed by atoms with E-state index in [1.165, 1.54) is 4.90 Å². The lowest BCUT2D eigenvalue weighted by molar-refractivity contribution is -0.126. The van der Waals surface area contributed by atoms with Crippen LogP contribution in [0, 0.1) is 0 Å². The first-order valence-electron chi connectivity index (χ1n) is 7.78. The van der Waals surface area contributed by atoms with Gasteiger partial charge < -0.3 is 10.2 Å². The Bertz CT molecular complexity index is 756. The van der Waals surface area contributed by atoms with Gasteiger partial charge in [-0.25, -0.2) is 4.79 Å². The number of nitrogens with one attached hydrogen (secondary N) is 1. The molecule has 2 N–H and O–H groups in total. The molecule has 0 radical (unpaired) electrons. The van der Waals surface area contributed by atoms with Crippen LogP contribution in [0.15, 0.2) is 24.5 Å². The molecular formula is C14H18N4O6S. The first-order valence-corrected chi connectivity index (χ1v) is 9.15. The second-order valence-electron chi connectivity index (χ2n) is 5.91. The largest absolute Gasteiger partial charge is 0.418 e. The maximum absolute atomic E-state index is 12.4. The summed E-state index contributed by atoms with van der Waals surface area (Å²) in [6.07, 6.45) is 4.78. The van der Waals surface area contributed by atoms with E-state index in [9.17, 15) is 18.0 Å². The third-order valence-electron chi connectivity index (χ3n) is 4.24. The van der Waals surface area contributed by atoms with Gasteiger partial charge in [-0.2, -0.15) is 13.5 Å². The summed E-state index contributed by atoms with van der Waals surface area (Å²) in [6, 6.07) is 1.78. The van der Waals surface area contributed by atoms with E-state index in [0.717, 1.165) is 5.56 Å². The molecule has 3 amide bonds. The molecule has 2 atom stereocenters. The molecule has 1 aromatic heterocycles. The number of carbonyl (C=O) groups excluding carboxylic acids is 2. The zero-order valence-corrected chi connectivity index (χ0v) is 14.1. The van der Waals surface area contributed by atoms with E-state index in [-0.39, 0.29) is 12.5 Å². The van der Waals surface area contributed by atoms with E-state index in [0.29, 0.717) is 30.9 Å². The van der Waals surface area contributed by atoms with Gasteiger partial charge in [-0.3, -0.25) is 14.3 Å². The zero-order chi connectivity index (χ0) is 18.0. The molecule has 0 spiro atoms. The molecular weight excluding hydrogens is 352 g/mol.